The Hall–Kier alpha value is -3.33. The number of anilines is 1. The molecule has 0 fully saturated rings. The molecule has 4 rings (SSSR count). The van der Waals surface area contributed by atoms with Crippen molar-refractivity contribution in [2.75, 3.05) is 11.0 Å². The highest BCUT2D eigenvalue weighted by molar-refractivity contribution is 7.92. The van der Waals surface area contributed by atoms with Gasteiger partial charge in [-0.3, -0.25) is 14.5 Å². The molecule has 1 N–H and O–H groups in total. The van der Waals surface area contributed by atoms with Crippen LogP contribution in [0.1, 0.15) is 30.6 Å². The van der Waals surface area contributed by atoms with Gasteiger partial charge in [-0.2, -0.15) is 5.10 Å². The van der Waals surface area contributed by atoms with Gasteiger partial charge in [0.25, 0.3) is 0 Å². The van der Waals surface area contributed by atoms with E-state index in [0.717, 1.165) is 22.9 Å². The molecular weight excluding hydrogens is 390 g/mol. The topological polar surface area (TPSA) is 105 Å². The van der Waals surface area contributed by atoms with Crippen LogP contribution in [0.4, 0.5) is 5.69 Å². The molecule has 148 valence electrons. The Labute approximate surface area is 168 Å². The first-order chi connectivity index (χ1) is 13.8. The number of hydrogen-bond acceptors (Lipinski definition) is 6. The molecule has 1 atom stereocenters. The first-order valence-corrected chi connectivity index (χ1v) is 10.9. The summed E-state index contributed by atoms with van der Waals surface area (Å²) < 4.78 is 25.5. The average molecular weight is 409 g/mol. The minimum atomic E-state index is -3.39. The zero-order valence-corrected chi connectivity index (χ0v) is 16.7. The van der Waals surface area contributed by atoms with Crippen LogP contribution >= 0.6 is 0 Å². The van der Waals surface area contributed by atoms with Gasteiger partial charge in [0.15, 0.2) is 0 Å². The largest absolute Gasteiger partial charge is 0.284 e. The van der Waals surface area contributed by atoms with Crippen LogP contribution in [0.25, 0.3) is 11.0 Å². The SMILES string of the molecule is CC(=O)N1N=C(c2cccc(NS(C)(=O)=O)c2)C[C@H]1c1cnc2ccccc2n1. The van der Waals surface area contributed by atoms with Gasteiger partial charge in [0.05, 0.1) is 34.9 Å². The summed E-state index contributed by atoms with van der Waals surface area (Å²) in [4.78, 5) is 21.3. The minimum Gasteiger partial charge on any atom is -0.284 e. The Balaban J connectivity index is 1.68. The number of hydrogen-bond donors (Lipinski definition) is 1. The predicted molar refractivity (Wildman–Crippen MR) is 111 cm³/mol. The first-order valence-electron chi connectivity index (χ1n) is 8.97. The van der Waals surface area contributed by atoms with Crippen molar-refractivity contribution in [1.82, 2.24) is 15.0 Å². The number of nitrogens with one attached hydrogen (secondary N) is 1. The number of carbonyl (C=O) groups excluding carboxylic acids is 1. The van der Waals surface area contributed by atoms with E-state index in [4.69, 9.17) is 0 Å². The standard InChI is InChI=1S/C20H19N5O3S/c1-13(26)25-20(19-12-21-16-8-3-4-9-17(16)22-19)11-18(23-25)14-6-5-7-15(10-14)24-29(2,27)28/h3-10,12,20,24H,11H2,1-2H3/t20-/m0/s1. The lowest BCUT2D eigenvalue weighted by Crippen LogP contribution is -2.25. The molecule has 8 nitrogen and oxygen atoms in total. The van der Waals surface area contributed by atoms with Crippen LogP contribution in [0.5, 0.6) is 0 Å². The Kier molecular flexibility index (Phi) is 4.75. The number of sulfonamides is 1. The van der Waals surface area contributed by atoms with Crippen molar-refractivity contribution < 1.29 is 13.2 Å². The monoisotopic (exact) mass is 409 g/mol. The Bertz CT molecular complexity index is 1240. The molecular formula is C20H19N5O3S. The van der Waals surface area contributed by atoms with E-state index in [2.05, 4.69) is 19.8 Å². The van der Waals surface area contributed by atoms with Gasteiger partial charge in [-0.25, -0.2) is 18.4 Å². The molecule has 0 saturated carbocycles. The van der Waals surface area contributed by atoms with Crippen LogP contribution in [0.2, 0.25) is 0 Å². The highest BCUT2D eigenvalue weighted by atomic mass is 32.2. The fraction of sp³-hybridized carbons (Fsp3) is 0.200. The second-order valence-corrected chi connectivity index (χ2v) is 8.62. The summed E-state index contributed by atoms with van der Waals surface area (Å²) in [5.41, 5.74) is 4.04. The highest BCUT2D eigenvalue weighted by Crippen LogP contribution is 2.32. The number of nitrogens with zero attached hydrogens (tertiary/aromatic N) is 4. The molecule has 0 saturated heterocycles. The molecule has 0 aliphatic carbocycles. The summed E-state index contributed by atoms with van der Waals surface area (Å²) >= 11 is 0. The molecule has 2 aromatic carbocycles. The van der Waals surface area contributed by atoms with Crippen molar-refractivity contribution in [3.63, 3.8) is 0 Å². The van der Waals surface area contributed by atoms with Crippen LogP contribution in [0.3, 0.4) is 0 Å². The average Bonchev–Trinajstić information content (AvgIpc) is 3.12. The lowest BCUT2D eigenvalue weighted by atomic mass is 10.0. The fourth-order valence-corrected chi connectivity index (χ4v) is 3.87. The minimum absolute atomic E-state index is 0.203. The van der Waals surface area contributed by atoms with Crippen molar-refractivity contribution in [1.29, 1.82) is 0 Å². The van der Waals surface area contributed by atoms with E-state index >= 15 is 0 Å². The van der Waals surface area contributed by atoms with Gasteiger partial charge in [0, 0.05) is 19.0 Å². The van der Waals surface area contributed by atoms with Crippen molar-refractivity contribution in [2.45, 2.75) is 19.4 Å². The number of hydrazone groups is 1. The van der Waals surface area contributed by atoms with Crippen LogP contribution in [0.15, 0.2) is 59.8 Å². The Morgan fingerprint density at radius 2 is 1.90 bits per heavy atom. The number of amides is 1. The first kappa shape index (κ1) is 19.0. The summed E-state index contributed by atoms with van der Waals surface area (Å²) in [5, 5.41) is 5.90. The van der Waals surface area contributed by atoms with E-state index in [1.165, 1.54) is 11.9 Å². The maximum Gasteiger partial charge on any atom is 0.240 e. The van der Waals surface area contributed by atoms with E-state index in [1.807, 2.05) is 30.3 Å². The van der Waals surface area contributed by atoms with E-state index in [-0.39, 0.29) is 11.9 Å². The number of benzene rings is 2. The molecule has 0 spiro atoms. The van der Waals surface area contributed by atoms with E-state index < -0.39 is 10.0 Å². The van der Waals surface area contributed by atoms with E-state index in [0.29, 0.717) is 23.5 Å². The number of rotatable bonds is 4. The molecule has 29 heavy (non-hydrogen) atoms. The molecule has 0 bridgehead atoms. The maximum atomic E-state index is 12.2. The van der Waals surface area contributed by atoms with Gasteiger partial charge in [0.1, 0.15) is 6.04 Å². The molecule has 1 amide bonds. The van der Waals surface area contributed by atoms with Crippen molar-refractivity contribution >= 4 is 38.4 Å². The fourth-order valence-electron chi connectivity index (χ4n) is 3.31. The number of fused-ring (bicyclic) bond motifs is 1. The number of carbonyl (C=O) groups is 1. The third kappa shape index (κ3) is 4.09. The zero-order chi connectivity index (χ0) is 20.6. The number of para-hydroxylation sites is 2. The second-order valence-electron chi connectivity index (χ2n) is 6.87. The normalized spacial score (nSPS) is 16.7. The highest BCUT2D eigenvalue weighted by Gasteiger charge is 2.32. The molecule has 1 aromatic heterocycles. The van der Waals surface area contributed by atoms with Crippen molar-refractivity contribution in [2.24, 2.45) is 5.10 Å². The summed E-state index contributed by atoms with van der Waals surface area (Å²) in [5.74, 6) is -0.203. The summed E-state index contributed by atoms with van der Waals surface area (Å²) in [6, 6.07) is 14.1. The van der Waals surface area contributed by atoms with Crippen LogP contribution in [-0.4, -0.2) is 41.3 Å². The Morgan fingerprint density at radius 3 is 2.62 bits per heavy atom. The van der Waals surface area contributed by atoms with Crippen LogP contribution < -0.4 is 4.72 Å². The lowest BCUT2D eigenvalue weighted by molar-refractivity contribution is -0.130. The molecule has 1 aliphatic rings. The quantitative estimate of drug-likeness (QED) is 0.713. The van der Waals surface area contributed by atoms with E-state index in [9.17, 15) is 13.2 Å². The Morgan fingerprint density at radius 1 is 1.14 bits per heavy atom. The van der Waals surface area contributed by atoms with Gasteiger partial charge in [-0.15, -0.1) is 0 Å². The molecule has 2 heterocycles. The number of aromatic nitrogens is 2. The summed E-state index contributed by atoms with van der Waals surface area (Å²) in [7, 11) is -3.39. The molecule has 3 aromatic rings. The van der Waals surface area contributed by atoms with Gasteiger partial charge in [-0.1, -0.05) is 24.3 Å². The molecule has 0 radical (unpaired) electrons. The van der Waals surface area contributed by atoms with Crippen LogP contribution in [-0.2, 0) is 14.8 Å². The molecule has 1 aliphatic heterocycles. The smallest absolute Gasteiger partial charge is 0.240 e. The predicted octanol–water partition coefficient (Wildman–Crippen LogP) is 2.70. The maximum absolute atomic E-state index is 12.2. The van der Waals surface area contributed by atoms with Gasteiger partial charge >= 0.3 is 0 Å². The van der Waals surface area contributed by atoms with Crippen LogP contribution in [0, 0.1) is 0 Å². The van der Waals surface area contributed by atoms with Crippen molar-refractivity contribution in [3.8, 4) is 0 Å². The second kappa shape index (κ2) is 7.25. The van der Waals surface area contributed by atoms with Gasteiger partial charge in [-0.05, 0) is 29.8 Å². The van der Waals surface area contributed by atoms with E-state index in [1.54, 1.807) is 24.4 Å². The molecule has 0 unspecified atom stereocenters. The summed E-state index contributed by atoms with van der Waals surface area (Å²) in [6.07, 6.45) is 3.22. The third-order valence-electron chi connectivity index (χ3n) is 4.54. The summed E-state index contributed by atoms with van der Waals surface area (Å²) in [6.45, 7) is 1.45. The molecule has 9 heteroatoms. The van der Waals surface area contributed by atoms with Crippen molar-refractivity contribution in [3.05, 3.63) is 66.0 Å². The lowest BCUT2D eigenvalue weighted by Gasteiger charge is -2.19. The zero-order valence-electron chi connectivity index (χ0n) is 15.9. The van der Waals surface area contributed by atoms with Gasteiger partial charge < -0.3 is 0 Å². The third-order valence-corrected chi connectivity index (χ3v) is 5.15. The van der Waals surface area contributed by atoms with Gasteiger partial charge in [0.2, 0.25) is 15.9 Å².